The molecule has 7 heteroatoms. The van der Waals surface area contributed by atoms with E-state index in [9.17, 15) is 9.59 Å². The third-order valence-electron chi connectivity index (χ3n) is 6.04. The second kappa shape index (κ2) is 8.18. The molecule has 2 aromatic carbocycles. The van der Waals surface area contributed by atoms with Gasteiger partial charge >= 0.3 is 0 Å². The lowest BCUT2D eigenvalue weighted by atomic mass is 9.82. The zero-order valence-corrected chi connectivity index (χ0v) is 16.9. The van der Waals surface area contributed by atoms with Crippen LogP contribution in [0.4, 0.5) is 0 Å². The van der Waals surface area contributed by atoms with E-state index >= 15 is 0 Å². The van der Waals surface area contributed by atoms with Gasteiger partial charge in [0.1, 0.15) is 0 Å². The number of hydrogen-bond donors (Lipinski definition) is 2. The third kappa shape index (κ3) is 3.86. The molecule has 5 rings (SSSR count). The van der Waals surface area contributed by atoms with Gasteiger partial charge in [0.05, 0.1) is 17.3 Å². The molecule has 1 fully saturated rings. The Kier molecular flexibility index (Phi) is 5.08. The van der Waals surface area contributed by atoms with Crippen molar-refractivity contribution < 1.29 is 9.21 Å². The standard InChI is InChI=1S/C24H22N4O3/c29-23(17-7-5-15(6-8-17)21-13-25-14-31-21)26-18-11-9-16(10-12-18)22-19-3-1-2-4-20(19)24(30)28-27-22/h1-8,13-14,16,18H,9-12H2,(H,26,29)(H,28,30). The quantitative estimate of drug-likeness (QED) is 0.525. The predicted octanol–water partition coefficient (Wildman–Crippen LogP) is 4.03. The topological polar surface area (TPSA) is 101 Å². The molecule has 156 valence electrons. The Morgan fingerprint density at radius 1 is 1.00 bits per heavy atom. The van der Waals surface area contributed by atoms with Crippen LogP contribution < -0.4 is 10.9 Å². The Labute approximate surface area is 178 Å². The summed E-state index contributed by atoms with van der Waals surface area (Å²) in [6.45, 7) is 0. The number of rotatable bonds is 4. The van der Waals surface area contributed by atoms with Crippen molar-refractivity contribution in [3.05, 3.63) is 82.7 Å². The van der Waals surface area contributed by atoms with Crippen molar-refractivity contribution in [2.24, 2.45) is 0 Å². The molecule has 0 bridgehead atoms. The predicted molar refractivity (Wildman–Crippen MR) is 117 cm³/mol. The maximum absolute atomic E-state index is 12.7. The van der Waals surface area contributed by atoms with Crippen molar-refractivity contribution in [1.82, 2.24) is 20.5 Å². The zero-order valence-electron chi connectivity index (χ0n) is 16.9. The summed E-state index contributed by atoms with van der Waals surface area (Å²) in [6, 6.07) is 15.1. The molecule has 4 aromatic rings. The number of carbonyl (C=O) groups excluding carboxylic acids is 1. The molecule has 0 atom stereocenters. The van der Waals surface area contributed by atoms with Crippen LogP contribution in [-0.2, 0) is 0 Å². The first kappa shape index (κ1) is 19.2. The molecule has 1 amide bonds. The van der Waals surface area contributed by atoms with Gasteiger partial charge in [-0.25, -0.2) is 10.1 Å². The van der Waals surface area contributed by atoms with Gasteiger partial charge in [-0.15, -0.1) is 0 Å². The molecule has 0 spiro atoms. The number of aromatic amines is 1. The average Bonchev–Trinajstić information content (AvgIpc) is 3.35. The molecule has 7 nitrogen and oxygen atoms in total. The molecule has 0 unspecified atom stereocenters. The Balaban J connectivity index is 1.23. The molecule has 0 aliphatic heterocycles. The summed E-state index contributed by atoms with van der Waals surface area (Å²) in [5, 5.41) is 11.7. The fraction of sp³-hybridized carbons (Fsp3) is 0.250. The molecule has 0 radical (unpaired) electrons. The summed E-state index contributed by atoms with van der Waals surface area (Å²) in [5.74, 6) is 0.880. The van der Waals surface area contributed by atoms with Gasteiger partial charge < -0.3 is 9.73 Å². The van der Waals surface area contributed by atoms with Crippen molar-refractivity contribution in [2.45, 2.75) is 37.6 Å². The molecule has 2 heterocycles. The number of aromatic nitrogens is 3. The van der Waals surface area contributed by atoms with Crippen LogP contribution in [-0.4, -0.2) is 27.1 Å². The number of nitrogens with one attached hydrogen (secondary N) is 2. The van der Waals surface area contributed by atoms with Crippen molar-refractivity contribution in [3.63, 3.8) is 0 Å². The number of nitrogens with zero attached hydrogens (tertiary/aromatic N) is 2. The van der Waals surface area contributed by atoms with Crippen molar-refractivity contribution in [2.75, 3.05) is 0 Å². The SMILES string of the molecule is O=C(NC1CCC(c2n[nH]c(=O)c3ccccc23)CC1)c1ccc(-c2cnco2)cc1. The van der Waals surface area contributed by atoms with Crippen LogP contribution in [0.25, 0.3) is 22.1 Å². The average molecular weight is 414 g/mol. The minimum absolute atomic E-state index is 0.0693. The van der Waals surface area contributed by atoms with Crippen LogP contribution in [0.2, 0.25) is 0 Å². The lowest BCUT2D eigenvalue weighted by Crippen LogP contribution is -2.37. The Morgan fingerprint density at radius 2 is 1.74 bits per heavy atom. The van der Waals surface area contributed by atoms with Crippen LogP contribution in [0.3, 0.4) is 0 Å². The van der Waals surface area contributed by atoms with E-state index in [1.54, 1.807) is 18.3 Å². The van der Waals surface area contributed by atoms with Crippen LogP contribution in [0.1, 0.15) is 47.7 Å². The largest absolute Gasteiger partial charge is 0.444 e. The second-order valence-corrected chi connectivity index (χ2v) is 7.95. The zero-order chi connectivity index (χ0) is 21.2. The first-order chi connectivity index (χ1) is 15.2. The summed E-state index contributed by atoms with van der Waals surface area (Å²) < 4.78 is 5.28. The number of oxazole rings is 1. The van der Waals surface area contributed by atoms with Gasteiger partial charge in [-0.3, -0.25) is 9.59 Å². The smallest absolute Gasteiger partial charge is 0.272 e. The van der Waals surface area contributed by atoms with E-state index in [1.165, 1.54) is 6.39 Å². The number of carbonyl (C=O) groups is 1. The van der Waals surface area contributed by atoms with Crippen molar-refractivity contribution in [3.8, 4) is 11.3 Å². The highest BCUT2D eigenvalue weighted by Crippen LogP contribution is 2.34. The molecule has 31 heavy (non-hydrogen) atoms. The summed E-state index contributed by atoms with van der Waals surface area (Å²) in [6.07, 6.45) is 6.62. The van der Waals surface area contributed by atoms with Crippen LogP contribution in [0.5, 0.6) is 0 Å². The van der Waals surface area contributed by atoms with E-state index < -0.39 is 0 Å². The first-order valence-electron chi connectivity index (χ1n) is 10.5. The first-order valence-corrected chi connectivity index (χ1v) is 10.5. The maximum atomic E-state index is 12.7. The molecular formula is C24H22N4O3. The Bertz CT molecular complexity index is 1250. The van der Waals surface area contributed by atoms with Crippen LogP contribution in [0.15, 0.2) is 70.3 Å². The molecule has 0 saturated heterocycles. The lowest BCUT2D eigenvalue weighted by Gasteiger charge is -2.29. The van der Waals surface area contributed by atoms with Gasteiger partial charge in [-0.05, 0) is 43.9 Å². The minimum Gasteiger partial charge on any atom is -0.444 e. The third-order valence-corrected chi connectivity index (χ3v) is 6.04. The summed E-state index contributed by atoms with van der Waals surface area (Å²) in [4.78, 5) is 28.6. The van der Waals surface area contributed by atoms with E-state index in [2.05, 4.69) is 20.5 Å². The van der Waals surface area contributed by atoms with Gasteiger partial charge in [0.15, 0.2) is 12.2 Å². The fourth-order valence-electron chi connectivity index (χ4n) is 4.37. The second-order valence-electron chi connectivity index (χ2n) is 7.95. The van der Waals surface area contributed by atoms with E-state index in [0.29, 0.717) is 16.7 Å². The highest BCUT2D eigenvalue weighted by molar-refractivity contribution is 5.94. The lowest BCUT2D eigenvalue weighted by molar-refractivity contribution is 0.0925. The van der Waals surface area contributed by atoms with E-state index in [4.69, 9.17) is 4.42 Å². The molecule has 2 N–H and O–H groups in total. The molecule has 1 aliphatic carbocycles. The minimum atomic E-state index is -0.158. The highest BCUT2D eigenvalue weighted by Gasteiger charge is 2.26. The fourth-order valence-corrected chi connectivity index (χ4v) is 4.37. The molecule has 1 saturated carbocycles. The van der Waals surface area contributed by atoms with Gasteiger partial charge in [0.2, 0.25) is 0 Å². The van der Waals surface area contributed by atoms with Crippen LogP contribution in [0, 0.1) is 0 Å². The molecule has 2 aromatic heterocycles. The summed E-state index contributed by atoms with van der Waals surface area (Å²) >= 11 is 0. The number of amides is 1. The summed E-state index contributed by atoms with van der Waals surface area (Å²) in [5.41, 5.74) is 2.30. The number of benzene rings is 2. The normalized spacial score (nSPS) is 18.7. The summed E-state index contributed by atoms with van der Waals surface area (Å²) in [7, 11) is 0. The van der Waals surface area contributed by atoms with Gasteiger partial charge in [-0.1, -0.05) is 30.3 Å². The Morgan fingerprint density at radius 3 is 2.45 bits per heavy atom. The number of hydrogen-bond acceptors (Lipinski definition) is 5. The monoisotopic (exact) mass is 414 g/mol. The maximum Gasteiger partial charge on any atom is 0.272 e. The molecule has 1 aliphatic rings. The van der Waals surface area contributed by atoms with Crippen LogP contribution >= 0.6 is 0 Å². The van der Waals surface area contributed by atoms with Crippen molar-refractivity contribution >= 4 is 16.7 Å². The van der Waals surface area contributed by atoms with Crippen molar-refractivity contribution in [1.29, 1.82) is 0 Å². The van der Waals surface area contributed by atoms with Gasteiger partial charge in [-0.2, -0.15) is 5.10 Å². The van der Waals surface area contributed by atoms with E-state index in [0.717, 1.165) is 42.3 Å². The highest BCUT2D eigenvalue weighted by atomic mass is 16.3. The Hall–Kier alpha value is -3.74. The van der Waals surface area contributed by atoms with Gasteiger partial charge in [0, 0.05) is 28.5 Å². The van der Waals surface area contributed by atoms with E-state index in [-0.39, 0.29) is 23.4 Å². The molecular weight excluding hydrogens is 392 g/mol. The number of fused-ring (bicyclic) bond motifs is 1. The van der Waals surface area contributed by atoms with Gasteiger partial charge in [0.25, 0.3) is 11.5 Å². The number of H-pyrrole nitrogens is 1. The van der Waals surface area contributed by atoms with E-state index in [1.807, 2.05) is 36.4 Å².